The van der Waals surface area contributed by atoms with Crippen molar-refractivity contribution in [3.63, 3.8) is 0 Å². The van der Waals surface area contributed by atoms with Crippen LogP contribution in [-0.2, 0) is 14.8 Å². The highest BCUT2D eigenvalue weighted by molar-refractivity contribution is 7.89. The molecule has 2 bridgehead atoms. The third kappa shape index (κ3) is 2.13. The van der Waals surface area contributed by atoms with Gasteiger partial charge < -0.3 is 4.74 Å². The zero-order valence-electron chi connectivity index (χ0n) is 12.1. The van der Waals surface area contributed by atoms with Crippen molar-refractivity contribution in [2.75, 3.05) is 32.1 Å². The summed E-state index contributed by atoms with van der Waals surface area (Å²) in [6, 6.07) is 0. The van der Waals surface area contributed by atoms with E-state index in [0.717, 1.165) is 44.8 Å². The van der Waals surface area contributed by atoms with E-state index in [1.807, 2.05) is 0 Å². The Hall–Kier alpha value is -0.130. The number of sulfonamides is 1. The summed E-state index contributed by atoms with van der Waals surface area (Å²) in [4.78, 5) is 0. The van der Waals surface area contributed by atoms with Gasteiger partial charge in [0.1, 0.15) is 0 Å². The molecule has 2 heterocycles. The van der Waals surface area contributed by atoms with Gasteiger partial charge in [0.2, 0.25) is 10.0 Å². The fraction of sp³-hybridized carbons (Fsp3) is 1.00. The molecule has 0 unspecified atom stereocenters. The highest BCUT2D eigenvalue weighted by Crippen LogP contribution is 2.51. The van der Waals surface area contributed by atoms with Crippen molar-refractivity contribution < 1.29 is 13.2 Å². The zero-order valence-corrected chi connectivity index (χ0v) is 13.0. The molecule has 0 radical (unpaired) electrons. The quantitative estimate of drug-likeness (QED) is 0.801. The molecule has 5 heteroatoms. The summed E-state index contributed by atoms with van der Waals surface area (Å²) in [6.45, 7) is 2.93. The van der Waals surface area contributed by atoms with E-state index in [2.05, 4.69) is 0 Å². The SMILES string of the molecule is O=S(=O)(CC12CCC(CC1)CC2)N1CCC2(COC2)C1. The van der Waals surface area contributed by atoms with Crippen LogP contribution >= 0.6 is 0 Å². The Morgan fingerprint density at radius 1 is 1.05 bits per heavy atom. The predicted octanol–water partition coefficient (Wildman–Crippen LogP) is 2.01. The molecule has 114 valence electrons. The molecule has 1 spiro atoms. The second-order valence-corrected chi connectivity index (χ2v) is 9.78. The Bertz CT molecular complexity index is 475. The number of hydrogen-bond acceptors (Lipinski definition) is 3. The second-order valence-electron chi connectivity index (χ2n) is 7.81. The van der Waals surface area contributed by atoms with E-state index in [1.54, 1.807) is 4.31 Å². The van der Waals surface area contributed by atoms with Gasteiger partial charge in [0.15, 0.2) is 0 Å². The van der Waals surface area contributed by atoms with Gasteiger partial charge in [-0.3, -0.25) is 0 Å². The van der Waals surface area contributed by atoms with Gasteiger partial charge in [-0.2, -0.15) is 0 Å². The average molecular weight is 299 g/mol. The maximum absolute atomic E-state index is 12.8. The van der Waals surface area contributed by atoms with E-state index in [4.69, 9.17) is 4.74 Å². The van der Waals surface area contributed by atoms with Gasteiger partial charge in [0, 0.05) is 18.5 Å². The second kappa shape index (κ2) is 4.43. The Morgan fingerprint density at radius 2 is 1.70 bits per heavy atom. The molecule has 5 aliphatic rings. The van der Waals surface area contributed by atoms with Crippen LogP contribution in [0.3, 0.4) is 0 Å². The third-order valence-electron chi connectivity index (χ3n) is 6.35. The average Bonchev–Trinajstić information content (AvgIpc) is 2.86. The van der Waals surface area contributed by atoms with E-state index < -0.39 is 10.0 Å². The molecule has 0 amide bonds. The lowest BCUT2D eigenvalue weighted by Crippen LogP contribution is -2.47. The highest BCUT2D eigenvalue weighted by Gasteiger charge is 2.50. The summed E-state index contributed by atoms with van der Waals surface area (Å²) in [7, 11) is -3.08. The van der Waals surface area contributed by atoms with E-state index >= 15 is 0 Å². The molecule has 20 heavy (non-hydrogen) atoms. The van der Waals surface area contributed by atoms with Gasteiger partial charge in [-0.25, -0.2) is 12.7 Å². The minimum atomic E-state index is -3.08. The topological polar surface area (TPSA) is 46.6 Å². The summed E-state index contributed by atoms with van der Waals surface area (Å²) >= 11 is 0. The summed E-state index contributed by atoms with van der Waals surface area (Å²) < 4.78 is 32.7. The van der Waals surface area contributed by atoms with Crippen molar-refractivity contribution in [2.24, 2.45) is 16.7 Å². The monoisotopic (exact) mass is 299 g/mol. The van der Waals surface area contributed by atoms with Crippen LogP contribution in [0.4, 0.5) is 0 Å². The van der Waals surface area contributed by atoms with E-state index in [1.165, 1.54) is 19.3 Å². The molecule has 2 saturated heterocycles. The van der Waals surface area contributed by atoms with Crippen molar-refractivity contribution in [1.82, 2.24) is 4.31 Å². The van der Waals surface area contributed by atoms with E-state index in [0.29, 0.717) is 18.8 Å². The summed E-state index contributed by atoms with van der Waals surface area (Å²) in [5, 5.41) is 0. The largest absolute Gasteiger partial charge is 0.380 e. The van der Waals surface area contributed by atoms with Gasteiger partial charge in [0.25, 0.3) is 0 Å². The normalized spacial score (nSPS) is 40.1. The Balaban J connectivity index is 1.47. The van der Waals surface area contributed by atoms with Crippen molar-refractivity contribution in [3.8, 4) is 0 Å². The smallest absolute Gasteiger partial charge is 0.214 e. The summed E-state index contributed by atoms with van der Waals surface area (Å²) in [5.41, 5.74) is 0.272. The predicted molar refractivity (Wildman–Crippen MR) is 76.9 cm³/mol. The maximum Gasteiger partial charge on any atom is 0.214 e. The van der Waals surface area contributed by atoms with Crippen LogP contribution in [0, 0.1) is 16.7 Å². The lowest BCUT2D eigenvalue weighted by Gasteiger charge is -2.46. The van der Waals surface area contributed by atoms with Crippen LogP contribution in [0.5, 0.6) is 0 Å². The third-order valence-corrected chi connectivity index (χ3v) is 8.43. The van der Waals surface area contributed by atoms with Crippen molar-refractivity contribution in [2.45, 2.75) is 44.9 Å². The van der Waals surface area contributed by atoms with Crippen LogP contribution in [0.1, 0.15) is 44.9 Å². The molecular weight excluding hydrogens is 274 g/mol. The molecule has 0 aromatic rings. The molecule has 5 rings (SSSR count). The molecule has 4 nitrogen and oxygen atoms in total. The molecule has 0 atom stereocenters. The number of hydrogen-bond donors (Lipinski definition) is 0. The van der Waals surface area contributed by atoms with E-state index in [9.17, 15) is 8.42 Å². The number of rotatable bonds is 3. The molecular formula is C15H25NO3S. The van der Waals surface area contributed by atoms with Crippen LogP contribution in [-0.4, -0.2) is 44.8 Å². The highest BCUT2D eigenvalue weighted by atomic mass is 32.2. The minimum absolute atomic E-state index is 0.111. The minimum Gasteiger partial charge on any atom is -0.380 e. The van der Waals surface area contributed by atoms with Crippen LogP contribution in [0.25, 0.3) is 0 Å². The zero-order chi connectivity index (χ0) is 13.8. The fourth-order valence-electron chi connectivity index (χ4n) is 4.79. The van der Waals surface area contributed by atoms with Crippen molar-refractivity contribution >= 4 is 10.0 Å². The molecule has 2 aliphatic heterocycles. The molecule has 3 saturated carbocycles. The van der Waals surface area contributed by atoms with Crippen molar-refractivity contribution in [3.05, 3.63) is 0 Å². The van der Waals surface area contributed by atoms with Crippen LogP contribution < -0.4 is 0 Å². The standard InChI is InChI=1S/C15H25NO3S/c17-20(18,16-8-7-15(9-16)10-19-11-15)12-14-4-1-13(2-5-14)3-6-14/h13H,1-12H2. The van der Waals surface area contributed by atoms with E-state index in [-0.39, 0.29) is 10.8 Å². The Morgan fingerprint density at radius 3 is 2.20 bits per heavy atom. The Kier molecular flexibility index (Phi) is 3.00. The number of ether oxygens (including phenoxy) is 1. The first-order chi connectivity index (χ1) is 9.51. The summed E-state index contributed by atoms with van der Waals surface area (Å²) in [5.74, 6) is 1.30. The van der Waals surface area contributed by atoms with Crippen molar-refractivity contribution in [1.29, 1.82) is 0 Å². The molecule has 0 aromatic carbocycles. The van der Waals surface area contributed by atoms with Gasteiger partial charge >= 0.3 is 0 Å². The number of nitrogens with zero attached hydrogens (tertiary/aromatic N) is 1. The molecule has 3 aliphatic carbocycles. The molecule has 0 aromatic heterocycles. The van der Waals surface area contributed by atoms with Crippen LogP contribution in [0.15, 0.2) is 0 Å². The van der Waals surface area contributed by atoms with Gasteiger partial charge in [-0.05, 0) is 56.3 Å². The first-order valence-corrected chi connectivity index (χ1v) is 9.68. The fourth-order valence-corrected chi connectivity index (χ4v) is 7.02. The molecule has 0 N–H and O–H groups in total. The lowest BCUT2D eigenvalue weighted by molar-refractivity contribution is -0.102. The first-order valence-electron chi connectivity index (χ1n) is 8.07. The lowest BCUT2D eigenvalue weighted by atomic mass is 9.62. The van der Waals surface area contributed by atoms with Gasteiger partial charge in [-0.15, -0.1) is 0 Å². The van der Waals surface area contributed by atoms with Crippen LogP contribution in [0.2, 0.25) is 0 Å². The Labute approximate surface area is 121 Å². The number of fused-ring (bicyclic) bond motifs is 3. The van der Waals surface area contributed by atoms with Gasteiger partial charge in [-0.1, -0.05) is 0 Å². The first kappa shape index (κ1) is 13.5. The maximum atomic E-state index is 12.8. The molecule has 5 fully saturated rings. The summed E-state index contributed by atoms with van der Waals surface area (Å²) in [6.07, 6.45) is 8.17. The van der Waals surface area contributed by atoms with Gasteiger partial charge in [0.05, 0.1) is 19.0 Å².